The number of amides is 1. The standard InChI is InChI=1S/C15H16N4O4/c1-3-22-15(21)18-16-10-11-4-6-12(7-5-11)23-14(20)13-8-9-17-19(13)2/h4-10H,3H2,1-2H3,(H,18,21). The lowest BCUT2D eigenvalue weighted by molar-refractivity contribution is 0.0723. The highest BCUT2D eigenvalue weighted by atomic mass is 16.6. The molecule has 120 valence electrons. The van der Waals surface area contributed by atoms with Gasteiger partial charge in [0.25, 0.3) is 0 Å². The number of hydrogen-bond donors (Lipinski definition) is 1. The van der Waals surface area contributed by atoms with Crippen LogP contribution in [-0.2, 0) is 11.8 Å². The van der Waals surface area contributed by atoms with E-state index in [9.17, 15) is 9.59 Å². The molecule has 1 heterocycles. The third-order valence-electron chi connectivity index (χ3n) is 2.77. The summed E-state index contributed by atoms with van der Waals surface area (Å²) in [5, 5.41) is 7.64. The fourth-order valence-corrected chi connectivity index (χ4v) is 1.68. The first-order valence-electron chi connectivity index (χ1n) is 6.86. The van der Waals surface area contributed by atoms with Gasteiger partial charge in [-0.1, -0.05) is 0 Å². The minimum atomic E-state index is -0.620. The number of hydrogen-bond acceptors (Lipinski definition) is 6. The molecule has 8 nitrogen and oxygen atoms in total. The minimum Gasteiger partial charge on any atom is -0.449 e. The van der Waals surface area contributed by atoms with Gasteiger partial charge in [0.05, 0.1) is 12.8 Å². The van der Waals surface area contributed by atoms with Gasteiger partial charge in [0, 0.05) is 13.2 Å². The number of rotatable bonds is 5. The monoisotopic (exact) mass is 316 g/mol. The SMILES string of the molecule is CCOC(=O)NN=Cc1ccc(OC(=O)c2ccnn2C)cc1. The first-order chi connectivity index (χ1) is 11.1. The maximum absolute atomic E-state index is 11.9. The molecule has 0 saturated heterocycles. The Morgan fingerprint density at radius 1 is 1.30 bits per heavy atom. The highest BCUT2D eigenvalue weighted by Gasteiger charge is 2.12. The number of esters is 1. The first-order valence-corrected chi connectivity index (χ1v) is 6.86. The molecule has 1 amide bonds. The van der Waals surface area contributed by atoms with Gasteiger partial charge in [-0.05, 0) is 42.8 Å². The van der Waals surface area contributed by atoms with E-state index in [1.807, 2.05) is 0 Å². The van der Waals surface area contributed by atoms with E-state index < -0.39 is 12.1 Å². The van der Waals surface area contributed by atoms with Crippen molar-refractivity contribution < 1.29 is 19.1 Å². The Balaban J connectivity index is 1.92. The van der Waals surface area contributed by atoms with Crippen molar-refractivity contribution in [2.75, 3.05) is 6.61 Å². The summed E-state index contributed by atoms with van der Waals surface area (Å²) in [6.45, 7) is 1.98. The lowest BCUT2D eigenvalue weighted by atomic mass is 10.2. The van der Waals surface area contributed by atoms with Crippen molar-refractivity contribution in [3.8, 4) is 5.75 Å². The summed E-state index contributed by atoms with van der Waals surface area (Å²) < 4.78 is 11.3. The average molecular weight is 316 g/mol. The Labute approximate surface area is 132 Å². The molecule has 0 aliphatic heterocycles. The number of ether oxygens (including phenoxy) is 2. The molecule has 0 bridgehead atoms. The normalized spacial score (nSPS) is 10.5. The lowest BCUT2D eigenvalue weighted by Gasteiger charge is -2.04. The van der Waals surface area contributed by atoms with Gasteiger partial charge in [0.15, 0.2) is 0 Å². The molecule has 0 unspecified atom stereocenters. The van der Waals surface area contributed by atoms with Crippen LogP contribution in [0.4, 0.5) is 4.79 Å². The molecule has 0 radical (unpaired) electrons. The Morgan fingerprint density at radius 3 is 2.65 bits per heavy atom. The van der Waals surface area contributed by atoms with Crippen LogP contribution < -0.4 is 10.2 Å². The fourth-order valence-electron chi connectivity index (χ4n) is 1.68. The molecule has 2 rings (SSSR count). The molecule has 23 heavy (non-hydrogen) atoms. The van der Waals surface area contributed by atoms with Gasteiger partial charge in [0.1, 0.15) is 11.4 Å². The summed E-state index contributed by atoms with van der Waals surface area (Å²) in [6, 6.07) is 8.22. The molecule has 8 heteroatoms. The number of carbonyl (C=O) groups is 2. The molecule has 0 fully saturated rings. The van der Waals surface area contributed by atoms with Crippen LogP contribution in [0.25, 0.3) is 0 Å². The van der Waals surface area contributed by atoms with Crippen LogP contribution in [0.1, 0.15) is 23.0 Å². The quantitative estimate of drug-likeness (QED) is 0.392. The van der Waals surface area contributed by atoms with Gasteiger partial charge in [-0.3, -0.25) is 4.68 Å². The zero-order valence-electron chi connectivity index (χ0n) is 12.7. The Kier molecular flexibility index (Phi) is 5.45. The molecule has 1 aromatic carbocycles. The van der Waals surface area contributed by atoms with Crippen LogP contribution in [0.2, 0.25) is 0 Å². The van der Waals surface area contributed by atoms with Crippen LogP contribution >= 0.6 is 0 Å². The Hall–Kier alpha value is -3.16. The smallest absolute Gasteiger partial charge is 0.427 e. The average Bonchev–Trinajstić information content (AvgIpc) is 2.95. The Morgan fingerprint density at radius 2 is 2.04 bits per heavy atom. The number of hydrazone groups is 1. The van der Waals surface area contributed by atoms with Crippen LogP contribution in [0.3, 0.4) is 0 Å². The minimum absolute atomic E-state index is 0.276. The second-order valence-corrected chi connectivity index (χ2v) is 4.39. The van der Waals surface area contributed by atoms with Crippen molar-refractivity contribution in [2.45, 2.75) is 6.92 Å². The molecular formula is C15H16N4O4. The molecule has 0 spiro atoms. The number of nitrogens with one attached hydrogen (secondary N) is 1. The molecule has 1 aromatic heterocycles. The number of carbonyl (C=O) groups excluding carboxylic acids is 2. The van der Waals surface area contributed by atoms with E-state index >= 15 is 0 Å². The van der Waals surface area contributed by atoms with E-state index in [2.05, 4.69) is 20.4 Å². The zero-order chi connectivity index (χ0) is 16.7. The van der Waals surface area contributed by atoms with E-state index in [0.717, 1.165) is 5.56 Å². The Bertz CT molecular complexity index is 707. The second-order valence-electron chi connectivity index (χ2n) is 4.39. The van der Waals surface area contributed by atoms with Crippen LogP contribution in [0, 0.1) is 0 Å². The van der Waals surface area contributed by atoms with E-state index in [4.69, 9.17) is 4.74 Å². The van der Waals surface area contributed by atoms with Gasteiger partial charge < -0.3 is 9.47 Å². The maximum Gasteiger partial charge on any atom is 0.427 e. The van der Waals surface area contributed by atoms with Crippen LogP contribution in [-0.4, -0.2) is 34.7 Å². The van der Waals surface area contributed by atoms with Crippen molar-refractivity contribution in [2.24, 2.45) is 12.1 Å². The largest absolute Gasteiger partial charge is 0.449 e. The molecule has 0 aliphatic carbocycles. The third-order valence-corrected chi connectivity index (χ3v) is 2.77. The molecular weight excluding hydrogens is 300 g/mol. The number of nitrogens with zero attached hydrogens (tertiary/aromatic N) is 3. The van der Waals surface area contributed by atoms with E-state index in [1.54, 1.807) is 44.3 Å². The van der Waals surface area contributed by atoms with Crippen molar-refractivity contribution in [3.05, 3.63) is 47.8 Å². The van der Waals surface area contributed by atoms with Crippen LogP contribution in [0.15, 0.2) is 41.6 Å². The summed E-state index contributed by atoms with van der Waals surface area (Å²) >= 11 is 0. The summed E-state index contributed by atoms with van der Waals surface area (Å²) in [5.41, 5.74) is 3.30. The second kappa shape index (κ2) is 7.74. The summed E-state index contributed by atoms with van der Waals surface area (Å²) in [4.78, 5) is 23.0. The number of aryl methyl sites for hydroxylation is 1. The third kappa shape index (κ3) is 4.67. The van der Waals surface area contributed by atoms with Gasteiger partial charge >= 0.3 is 12.1 Å². The molecule has 2 aromatic rings. The molecule has 0 atom stereocenters. The number of benzene rings is 1. The maximum atomic E-state index is 11.9. The van der Waals surface area contributed by atoms with E-state index in [1.165, 1.54) is 17.1 Å². The summed E-state index contributed by atoms with van der Waals surface area (Å²) in [7, 11) is 1.66. The van der Waals surface area contributed by atoms with Crippen LogP contribution in [0.5, 0.6) is 5.75 Å². The van der Waals surface area contributed by atoms with Gasteiger partial charge in [-0.15, -0.1) is 0 Å². The first kappa shape index (κ1) is 16.2. The molecule has 1 N–H and O–H groups in total. The van der Waals surface area contributed by atoms with Crippen molar-refractivity contribution >= 4 is 18.3 Å². The predicted molar refractivity (Wildman–Crippen MR) is 82.4 cm³/mol. The number of aromatic nitrogens is 2. The van der Waals surface area contributed by atoms with Crippen molar-refractivity contribution in [3.63, 3.8) is 0 Å². The van der Waals surface area contributed by atoms with E-state index in [0.29, 0.717) is 11.4 Å². The van der Waals surface area contributed by atoms with Gasteiger partial charge in [-0.25, -0.2) is 15.0 Å². The van der Waals surface area contributed by atoms with Gasteiger partial charge in [-0.2, -0.15) is 10.2 Å². The highest BCUT2D eigenvalue weighted by molar-refractivity contribution is 5.89. The topological polar surface area (TPSA) is 94.8 Å². The lowest BCUT2D eigenvalue weighted by Crippen LogP contribution is -2.18. The summed E-state index contributed by atoms with van der Waals surface area (Å²) in [5.74, 6) is -0.0953. The van der Waals surface area contributed by atoms with Crippen molar-refractivity contribution in [1.29, 1.82) is 0 Å². The molecule has 0 saturated carbocycles. The zero-order valence-corrected chi connectivity index (χ0v) is 12.7. The summed E-state index contributed by atoms with van der Waals surface area (Å²) in [6.07, 6.45) is 2.35. The fraction of sp³-hybridized carbons (Fsp3) is 0.200. The van der Waals surface area contributed by atoms with E-state index in [-0.39, 0.29) is 6.61 Å². The molecule has 0 aliphatic rings. The van der Waals surface area contributed by atoms with Crippen molar-refractivity contribution in [1.82, 2.24) is 15.2 Å². The predicted octanol–water partition coefficient (Wildman–Crippen LogP) is 1.72. The highest BCUT2D eigenvalue weighted by Crippen LogP contribution is 2.13. The van der Waals surface area contributed by atoms with Gasteiger partial charge in [0.2, 0.25) is 0 Å².